The first kappa shape index (κ1) is 5.55. The van der Waals surface area contributed by atoms with Crippen LogP contribution in [0.3, 0.4) is 0 Å². The van der Waals surface area contributed by atoms with Gasteiger partial charge in [0.1, 0.15) is 0 Å². The summed E-state index contributed by atoms with van der Waals surface area (Å²) in [6.07, 6.45) is 1.26. The Labute approximate surface area is 63.8 Å². The molecular weight excluding hydrogens is 171 g/mol. The first-order valence-electron chi connectivity index (χ1n) is 3.14. The van der Waals surface area contributed by atoms with Crippen LogP contribution in [0.1, 0.15) is 15.8 Å². The number of hydrogen-bond donors (Lipinski definition) is 0. The maximum absolute atomic E-state index is 2.71. The van der Waals surface area contributed by atoms with Gasteiger partial charge in [-0.3, -0.25) is 0 Å². The predicted octanol–water partition coefficient (Wildman–Crippen LogP) is 1.45. The Bertz CT molecular complexity index is 230. The monoisotopic (exact) mass is 178 g/mol. The van der Waals surface area contributed by atoms with E-state index in [1.165, 1.54) is 17.5 Å². The molecule has 0 saturated carbocycles. The molecule has 1 heteroatoms. The molecule has 1 aromatic rings. The van der Waals surface area contributed by atoms with Crippen molar-refractivity contribution < 1.29 is 0 Å². The van der Waals surface area contributed by atoms with Gasteiger partial charge in [-0.1, -0.05) is 0 Å². The molecule has 0 bridgehead atoms. The summed E-state index contributed by atoms with van der Waals surface area (Å²) in [6.45, 7) is 0. The summed E-state index contributed by atoms with van der Waals surface area (Å²) in [7, 11) is 0. The van der Waals surface area contributed by atoms with Gasteiger partial charge in [0.05, 0.1) is 0 Å². The van der Waals surface area contributed by atoms with E-state index < -0.39 is 0 Å². The summed E-state index contributed by atoms with van der Waals surface area (Å²) < 4.78 is 0.758. The average molecular weight is 178 g/mol. The van der Waals surface area contributed by atoms with E-state index in [0.717, 1.165) is 4.71 Å². The summed E-state index contributed by atoms with van der Waals surface area (Å²) in [5, 5.41) is 0. The van der Waals surface area contributed by atoms with Crippen molar-refractivity contribution in [2.24, 2.45) is 0 Å². The zero-order valence-electron chi connectivity index (χ0n) is 5.04. The third-order valence-corrected chi connectivity index (χ3v) is 2.79. The van der Waals surface area contributed by atoms with Crippen LogP contribution in [0.2, 0.25) is 0 Å². The minimum atomic E-state index is 0.758. The Balaban J connectivity index is 2.51. The molecule has 2 rings (SSSR count). The molecule has 0 aromatic heterocycles. The van der Waals surface area contributed by atoms with Crippen molar-refractivity contribution in [1.29, 1.82) is 0 Å². The molecular formula is C8H7As. The second-order valence-electron chi connectivity index (χ2n) is 2.42. The molecule has 0 fully saturated rings. The predicted molar refractivity (Wildman–Crippen MR) is 38.6 cm³/mol. The second-order valence-corrected chi connectivity index (χ2v) is 3.73. The van der Waals surface area contributed by atoms with Crippen LogP contribution in [-0.4, -0.2) is 16.9 Å². The fourth-order valence-corrected chi connectivity index (χ4v) is 2.17. The average Bonchev–Trinajstić information content (AvgIpc) is 1.86. The Morgan fingerprint density at radius 3 is 2.67 bits per heavy atom. The van der Waals surface area contributed by atoms with Gasteiger partial charge in [0.2, 0.25) is 0 Å². The summed E-state index contributed by atoms with van der Waals surface area (Å²) in [4.78, 5) is 0. The van der Waals surface area contributed by atoms with Crippen LogP contribution < -0.4 is 0 Å². The maximum atomic E-state index is 2.71. The third-order valence-electron chi connectivity index (χ3n) is 1.83. The number of hydrogen-bond acceptors (Lipinski definition) is 0. The van der Waals surface area contributed by atoms with Crippen LogP contribution in [0.25, 0.3) is 0 Å². The van der Waals surface area contributed by atoms with Gasteiger partial charge >= 0.3 is 63.4 Å². The van der Waals surface area contributed by atoms with E-state index in [2.05, 4.69) is 41.1 Å². The fourth-order valence-electron chi connectivity index (χ4n) is 1.23. The van der Waals surface area contributed by atoms with E-state index in [1.807, 2.05) is 0 Å². The van der Waals surface area contributed by atoms with Crippen LogP contribution in [0.4, 0.5) is 0 Å². The van der Waals surface area contributed by atoms with Crippen molar-refractivity contribution in [3.8, 4) is 0 Å². The van der Waals surface area contributed by atoms with Crippen molar-refractivity contribution in [1.82, 2.24) is 0 Å². The van der Waals surface area contributed by atoms with Crippen molar-refractivity contribution in [2.45, 2.75) is 11.1 Å². The van der Waals surface area contributed by atoms with Gasteiger partial charge in [-0.25, -0.2) is 0 Å². The summed E-state index contributed by atoms with van der Waals surface area (Å²) >= 11 is 2.71. The van der Waals surface area contributed by atoms with Gasteiger partial charge in [0, 0.05) is 0 Å². The van der Waals surface area contributed by atoms with E-state index >= 15 is 0 Å². The van der Waals surface area contributed by atoms with Crippen LogP contribution in [-0.2, 0) is 6.42 Å². The third kappa shape index (κ3) is 0.737. The topological polar surface area (TPSA) is 0 Å². The summed E-state index contributed by atoms with van der Waals surface area (Å²) in [5.74, 6) is 0. The number of benzene rings is 1. The molecule has 9 heavy (non-hydrogen) atoms. The quantitative estimate of drug-likeness (QED) is 0.527. The standard InChI is InChI=1S/C8H7As/c9-8-5-6-3-1-2-4-7(6)8/h1-4,8H,5H2. The first-order valence-corrected chi connectivity index (χ1v) is 4.22. The Morgan fingerprint density at radius 2 is 2.11 bits per heavy atom. The van der Waals surface area contributed by atoms with Crippen molar-refractivity contribution in [3.05, 3.63) is 35.4 Å². The summed E-state index contributed by atoms with van der Waals surface area (Å²) in [6, 6.07) is 8.64. The van der Waals surface area contributed by atoms with Gasteiger partial charge in [0.25, 0.3) is 0 Å². The molecule has 1 aliphatic carbocycles. The molecule has 1 atom stereocenters. The van der Waals surface area contributed by atoms with Crippen molar-refractivity contribution in [2.75, 3.05) is 0 Å². The van der Waals surface area contributed by atoms with Crippen LogP contribution in [0.5, 0.6) is 0 Å². The second kappa shape index (κ2) is 1.88. The molecule has 0 heterocycles. The van der Waals surface area contributed by atoms with Gasteiger partial charge in [-0.2, -0.15) is 0 Å². The number of rotatable bonds is 0. The van der Waals surface area contributed by atoms with E-state index in [9.17, 15) is 0 Å². The molecule has 1 aromatic carbocycles. The molecule has 0 aliphatic heterocycles. The number of fused-ring (bicyclic) bond motifs is 1. The van der Waals surface area contributed by atoms with Gasteiger partial charge < -0.3 is 0 Å². The van der Waals surface area contributed by atoms with Crippen molar-refractivity contribution in [3.63, 3.8) is 0 Å². The zero-order valence-corrected chi connectivity index (χ0v) is 6.92. The van der Waals surface area contributed by atoms with E-state index in [4.69, 9.17) is 0 Å². The summed E-state index contributed by atoms with van der Waals surface area (Å²) in [5.41, 5.74) is 3.06. The fraction of sp³-hybridized carbons (Fsp3) is 0.250. The van der Waals surface area contributed by atoms with Gasteiger partial charge in [-0.05, 0) is 0 Å². The normalized spacial score (nSPS) is 22.6. The molecule has 0 nitrogen and oxygen atoms in total. The van der Waals surface area contributed by atoms with E-state index in [1.54, 1.807) is 0 Å². The SMILES string of the molecule is [As]C1Cc2ccccc21. The van der Waals surface area contributed by atoms with Crippen molar-refractivity contribution >= 4 is 16.9 Å². The Hall–Kier alpha value is -0.222. The molecule has 0 amide bonds. The van der Waals surface area contributed by atoms with E-state index in [0.29, 0.717) is 0 Å². The van der Waals surface area contributed by atoms with Crippen LogP contribution in [0.15, 0.2) is 24.3 Å². The Kier molecular flexibility index (Phi) is 1.16. The molecule has 1 aliphatic rings. The minimum absolute atomic E-state index is 0.758. The molecule has 2 radical (unpaired) electrons. The van der Waals surface area contributed by atoms with Gasteiger partial charge in [0.15, 0.2) is 0 Å². The first-order chi connectivity index (χ1) is 4.38. The van der Waals surface area contributed by atoms with E-state index in [-0.39, 0.29) is 0 Å². The van der Waals surface area contributed by atoms with Crippen LogP contribution >= 0.6 is 0 Å². The molecule has 0 spiro atoms. The Morgan fingerprint density at radius 1 is 1.33 bits per heavy atom. The van der Waals surface area contributed by atoms with Crippen LogP contribution in [0, 0.1) is 0 Å². The molecule has 44 valence electrons. The molecule has 0 saturated heterocycles. The molecule has 0 N–H and O–H groups in total. The zero-order chi connectivity index (χ0) is 6.27. The van der Waals surface area contributed by atoms with Gasteiger partial charge in [-0.15, -0.1) is 0 Å². The molecule has 1 unspecified atom stereocenters.